The lowest BCUT2D eigenvalue weighted by Gasteiger charge is -2.11. The summed E-state index contributed by atoms with van der Waals surface area (Å²) in [6.07, 6.45) is 1.36. The summed E-state index contributed by atoms with van der Waals surface area (Å²) >= 11 is 12.1. The maximum Gasteiger partial charge on any atom is 0.146 e. The summed E-state index contributed by atoms with van der Waals surface area (Å²) in [5, 5.41) is 1.23. The number of aromatic nitrogens is 2. The molecule has 1 aromatic carbocycles. The molecule has 1 heterocycles. The Morgan fingerprint density at radius 2 is 2.00 bits per heavy atom. The van der Waals surface area contributed by atoms with Crippen LogP contribution in [0.1, 0.15) is 29.6 Å². The van der Waals surface area contributed by atoms with Gasteiger partial charge in [-0.25, -0.2) is 15.8 Å². The first-order valence-electron chi connectivity index (χ1n) is 6.32. The van der Waals surface area contributed by atoms with Crippen molar-refractivity contribution in [1.29, 1.82) is 0 Å². The molecule has 0 amide bonds. The zero-order chi connectivity index (χ0) is 14.7. The van der Waals surface area contributed by atoms with Gasteiger partial charge in [-0.15, -0.1) is 0 Å². The molecule has 0 bridgehead atoms. The Kier molecular flexibility index (Phi) is 4.81. The number of nitrogens with one attached hydrogen (secondary N) is 1. The Balaban J connectivity index is 2.38. The van der Waals surface area contributed by atoms with Gasteiger partial charge in [0.25, 0.3) is 0 Å². The molecular formula is C14H16Cl2N4. The molecule has 0 fully saturated rings. The molecule has 0 atom stereocenters. The molecule has 4 nitrogen and oxygen atoms in total. The molecule has 0 saturated carbocycles. The fourth-order valence-electron chi connectivity index (χ4n) is 2.01. The number of nitrogens with two attached hydrogens (primary N) is 1. The Morgan fingerprint density at radius 1 is 1.25 bits per heavy atom. The third-order valence-corrected chi connectivity index (χ3v) is 3.72. The molecule has 2 rings (SSSR count). The highest BCUT2D eigenvalue weighted by atomic mass is 35.5. The van der Waals surface area contributed by atoms with Gasteiger partial charge < -0.3 is 5.43 Å². The van der Waals surface area contributed by atoms with Crippen molar-refractivity contribution in [3.8, 4) is 0 Å². The van der Waals surface area contributed by atoms with E-state index in [1.807, 2.05) is 13.0 Å². The van der Waals surface area contributed by atoms with Gasteiger partial charge in [0.2, 0.25) is 0 Å². The molecule has 0 spiro atoms. The lowest BCUT2D eigenvalue weighted by Crippen LogP contribution is -2.14. The molecule has 20 heavy (non-hydrogen) atoms. The monoisotopic (exact) mass is 310 g/mol. The molecule has 6 heteroatoms. The fraction of sp³-hybridized carbons (Fsp3) is 0.286. The number of hydrogen-bond acceptors (Lipinski definition) is 4. The van der Waals surface area contributed by atoms with Crippen LogP contribution in [0.2, 0.25) is 10.0 Å². The van der Waals surface area contributed by atoms with Crippen molar-refractivity contribution in [3.63, 3.8) is 0 Å². The van der Waals surface area contributed by atoms with Crippen LogP contribution >= 0.6 is 23.2 Å². The minimum atomic E-state index is 0.540. The van der Waals surface area contributed by atoms with Crippen LogP contribution in [-0.4, -0.2) is 9.97 Å². The molecule has 0 aliphatic carbocycles. The lowest BCUT2D eigenvalue weighted by molar-refractivity contribution is 0.888. The number of nitrogens with zero attached hydrogens (tertiary/aromatic N) is 2. The summed E-state index contributed by atoms with van der Waals surface area (Å²) in [5.41, 5.74) is 5.50. The predicted octanol–water partition coefficient (Wildman–Crippen LogP) is 3.53. The van der Waals surface area contributed by atoms with Gasteiger partial charge in [-0.1, -0.05) is 36.2 Å². The van der Waals surface area contributed by atoms with Crippen molar-refractivity contribution in [2.24, 2.45) is 5.84 Å². The minimum absolute atomic E-state index is 0.540. The zero-order valence-electron chi connectivity index (χ0n) is 11.4. The molecule has 0 radical (unpaired) electrons. The first kappa shape index (κ1) is 15.0. The van der Waals surface area contributed by atoms with Crippen molar-refractivity contribution >= 4 is 29.0 Å². The Morgan fingerprint density at radius 3 is 2.60 bits per heavy atom. The maximum absolute atomic E-state index is 6.18. The fourth-order valence-corrected chi connectivity index (χ4v) is 2.49. The summed E-state index contributed by atoms with van der Waals surface area (Å²) in [5.74, 6) is 6.84. The van der Waals surface area contributed by atoms with Gasteiger partial charge in [0, 0.05) is 27.7 Å². The smallest absolute Gasteiger partial charge is 0.146 e. The largest absolute Gasteiger partial charge is 0.308 e. The molecule has 0 aliphatic heterocycles. The quantitative estimate of drug-likeness (QED) is 0.670. The van der Waals surface area contributed by atoms with Crippen LogP contribution in [0, 0.1) is 6.92 Å². The summed E-state index contributed by atoms with van der Waals surface area (Å²) in [7, 11) is 0. The van der Waals surface area contributed by atoms with E-state index in [9.17, 15) is 0 Å². The van der Waals surface area contributed by atoms with Crippen LogP contribution in [0.25, 0.3) is 0 Å². The summed E-state index contributed by atoms with van der Waals surface area (Å²) < 4.78 is 0. The zero-order valence-corrected chi connectivity index (χ0v) is 12.9. The molecule has 0 unspecified atom stereocenters. The van der Waals surface area contributed by atoms with E-state index < -0.39 is 0 Å². The average Bonchev–Trinajstić information content (AvgIpc) is 2.43. The molecular weight excluding hydrogens is 295 g/mol. The third-order valence-electron chi connectivity index (χ3n) is 3.13. The van der Waals surface area contributed by atoms with Crippen LogP contribution in [-0.2, 0) is 12.8 Å². The summed E-state index contributed by atoms with van der Waals surface area (Å²) in [6.45, 7) is 4.00. The van der Waals surface area contributed by atoms with E-state index in [1.165, 1.54) is 0 Å². The number of aryl methyl sites for hydroxylation is 1. The van der Waals surface area contributed by atoms with E-state index in [4.69, 9.17) is 29.0 Å². The Hall–Kier alpha value is -1.36. The van der Waals surface area contributed by atoms with Gasteiger partial charge in [0.05, 0.1) is 0 Å². The normalized spacial score (nSPS) is 10.7. The first-order chi connectivity index (χ1) is 9.55. The predicted molar refractivity (Wildman–Crippen MR) is 83.2 cm³/mol. The van der Waals surface area contributed by atoms with Crippen LogP contribution in [0.3, 0.4) is 0 Å². The second-order valence-corrected chi connectivity index (χ2v) is 5.31. The van der Waals surface area contributed by atoms with Crippen LogP contribution in [0.4, 0.5) is 5.82 Å². The van der Waals surface area contributed by atoms with E-state index >= 15 is 0 Å². The van der Waals surface area contributed by atoms with Gasteiger partial charge in [-0.3, -0.25) is 0 Å². The topological polar surface area (TPSA) is 63.8 Å². The van der Waals surface area contributed by atoms with Gasteiger partial charge in [-0.2, -0.15) is 0 Å². The second-order valence-electron chi connectivity index (χ2n) is 4.47. The number of hydrogen-bond donors (Lipinski definition) is 2. The number of halogens is 2. The second kappa shape index (κ2) is 6.39. The van der Waals surface area contributed by atoms with Crippen molar-refractivity contribution in [2.45, 2.75) is 26.7 Å². The van der Waals surface area contributed by atoms with Crippen LogP contribution in [0.15, 0.2) is 18.2 Å². The number of hydrazine groups is 1. The van der Waals surface area contributed by atoms with Crippen molar-refractivity contribution in [2.75, 3.05) is 5.43 Å². The highest BCUT2D eigenvalue weighted by Crippen LogP contribution is 2.24. The van der Waals surface area contributed by atoms with E-state index in [0.29, 0.717) is 28.1 Å². The van der Waals surface area contributed by atoms with E-state index in [2.05, 4.69) is 22.3 Å². The number of nitrogen functional groups attached to an aromatic ring is 1. The van der Waals surface area contributed by atoms with Crippen LogP contribution in [0.5, 0.6) is 0 Å². The molecule has 2 aromatic rings. The molecule has 1 aromatic heterocycles. The van der Waals surface area contributed by atoms with Gasteiger partial charge in [0.1, 0.15) is 11.6 Å². The van der Waals surface area contributed by atoms with E-state index in [0.717, 1.165) is 23.2 Å². The Labute approximate surface area is 128 Å². The third kappa shape index (κ3) is 3.20. The highest BCUT2D eigenvalue weighted by molar-refractivity contribution is 6.35. The average molecular weight is 311 g/mol. The number of benzene rings is 1. The van der Waals surface area contributed by atoms with E-state index in [1.54, 1.807) is 12.1 Å². The van der Waals surface area contributed by atoms with Crippen molar-refractivity contribution in [3.05, 3.63) is 50.9 Å². The summed E-state index contributed by atoms with van der Waals surface area (Å²) in [4.78, 5) is 8.98. The Bertz CT molecular complexity index is 604. The standard InChI is InChI=1S/C14H16Cl2N4/c1-3-12-8(2)14(20-17)19-13(18-12)6-9-4-5-10(15)7-11(9)16/h4-5,7H,3,6,17H2,1-2H3,(H,18,19,20). The van der Waals surface area contributed by atoms with E-state index in [-0.39, 0.29) is 0 Å². The molecule has 0 saturated heterocycles. The number of anilines is 1. The first-order valence-corrected chi connectivity index (χ1v) is 7.07. The van der Waals surface area contributed by atoms with Crippen LogP contribution < -0.4 is 11.3 Å². The minimum Gasteiger partial charge on any atom is -0.308 e. The van der Waals surface area contributed by atoms with Gasteiger partial charge in [0.15, 0.2) is 0 Å². The van der Waals surface area contributed by atoms with Gasteiger partial charge >= 0.3 is 0 Å². The lowest BCUT2D eigenvalue weighted by atomic mass is 10.1. The summed E-state index contributed by atoms with van der Waals surface area (Å²) in [6, 6.07) is 5.41. The van der Waals surface area contributed by atoms with Crippen molar-refractivity contribution in [1.82, 2.24) is 9.97 Å². The number of rotatable bonds is 4. The molecule has 3 N–H and O–H groups in total. The van der Waals surface area contributed by atoms with Gasteiger partial charge in [-0.05, 0) is 31.0 Å². The maximum atomic E-state index is 6.18. The SMILES string of the molecule is CCc1nc(Cc2ccc(Cl)cc2Cl)nc(NN)c1C. The molecule has 106 valence electrons. The highest BCUT2D eigenvalue weighted by Gasteiger charge is 2.11. The molecule has 0 aliphatic rings. The van der Waals surface area contributed by atoms with Crippen molar-refractivity contribution < 1.29 is 0 Å².